The van der Waals surface area contributed by atoms with Gasteiger partial charge in [-0.15, -0.1) is 0 Å². The molecule has 0 saturated heterocycles. The Labute approximate surface area is 598 Å². The van der Waals surface area contributed by atoms with Crippen LogP contribution in [0.5, 0.6) is 0 Å². The summed E-state index contributed by atoms with van der Waals surface area (Å²) in [5.41, 5.74) is 22.0. The van der Waals surface area contributed by atoms with E-state index in [-0.39, 0.29) is 13.2 Å². The van der Waals surface area contributed by atoms with Crippen molar-refractivity contribution in [2.24, 2.45) is 0 Å². The fraction of sp³-hybridized carbons (Fsp3) is 0.0208. The van der Waals surface area contributed by atoms with E-state index < -0.39 is 0 Å². The molecule has 0 amide bonds. The lowest BCUT2D eigenvalue weighted by Gasteiger charge is -2.28. The summed E-state index contributed by atoms with van der Waals surface area (Å²) in [4.78, 5) is 9.45. The molecule has 490 valence electrons. The predicted octanol–water partition coefficient (Wildman–Crippen LogP) is 25.6. The summed E-state index contributed by atoms with van der Waals surface area (Å²) in [5, 5.41) is 31.5. The molecule has 18 rings (SSSR count). The van der Waals surface area contributed by atoms with Gasteiger partial charge in [-0.25, -0.2) is 0 Å². The summed E-state index contributed by atoms with van der Waals surface area (Å²) < 4.78 is 2.41. The van der Waals surface area contributed by atoms with Crippen LogP contribution in [0.4, 0.5) is 68.2 Å². The standard InChI is InChI=1S/C96H69N5O2/c102-64-66-34-46-77(47-35-66)97(91-30-12-20-72-16-4-8-26-85(72)91)79-50-38-68(39-51-79)70-42-54-81(55-43-70)99(93-32-14-22-74-18-6-10-28-87(74)93)83-58-60-95-89(62-83)90-63-84(59-61-96(90)101(95)76-24-2-1-3-25-76)100(94-33-15-23-75-19-7-11-29-88(75)94)82-56-44-71(45-57-82)69-40-52-80(53-41-69)98(78-48-36-67(65-103)37-49-78)92-31-13-21-73-17-5-9-27-86(73)92/h1-63,102-103H,64-65H2. The number of para-hydroxylation sites is 1. The highest BCUT2D eigenvalue weighted by Crippen LogP contribution is 2.48. The lowest BCUT2D eigenvalue weighted by Crippen LogP contribution is -2.11. The van der Waals surface area contributed by atoms with Gasteiger partial charge in [0.15, 0.2) is 0 Å². The van der Waals surface area contributed by atoms with E-state index in [1.165, 1.54) is 10.8 Å². The fourth-order valence-electron chi connectivity index (χ4n) is 15.2. The minimum atomic E-state index is -0.0116. The Morgan fingerprint density at radius 2 is 0.447 bits per heavy atom. The van der Waals surface area contributed by atoms with Crippen molar-refractivity contribution in [3.63, 3.8) is 0 Å². The molecule has 7 nitrogen and oxygen atoms in total. The third-order valence-corrected chi connectivity index (χ3v) is 20.2. The summed E-state index contributed by atoms with van der Waals surface area (Å²) >= 11 is 0. The number of fused-ring (bicyclic) bond motifs is 7. The van der Waals surface area contributed by atoms with Crippen molar-refractivity contribution in [3.8, 4) is 27.9 Å². The van der Waals surface area contributed by atoms with E-state index in [9.17, 15) is 10.2 Å². The van der Waals surface area contributed by atoms with Gasteiger partial charge < -0.3 is 34.4 Å². The number of aliphatic hydroxyl groups is 2. The van der Waals surface area contributed by atoms with Crippen molar-refractivity contribution in [3.05, 3.63) is 393 Å². The molecule has 0 saturated carbocycles. The van der Waals surface area contributed by atoms with Gasteiger partial charge in [0.1, 0.15) is 0 Å². The Bertz CT molecular complexity index is 5760. The van der Waals surface area contributed by atoms with E-state index in [0.29, 0.717) is 0 Å². The van der Waals surface area contributed by atoms with E-state index in [4.69, 9.17) is 0 Å². The zero-order chi connectivity index (χ0) is 68.7. The molecular weight excluding hydrogens is 1260 g/mol. The molecule has 0 bridgehead atoms. The maximum Gasteiger partial charge on any atom is 0.0681 e. The molecule has 1 heterocycles. The van der Waals surface area contributed by atoms with Crippen molar-refractivity contribution in [1.29, 1.82) is 0 Å². The number of nitrogens with zero attached hydrogens (tertiary/aromatic N) is 5. The number of benzene rings is 17. The summed E-state index contributed by atoms with van der Waals surface area (Å²) in [7, 11) is 0. The topological polar surface area (TPSA) is 58.4 Å². The van der Waals surface area contributed by atoms with Crippen LogP contribution in [0.15, 0.2) is 382 Å². The van der Waals surface area contributed by atoms with Crippen molar-refractivity contribution in [1.82, 2.24) is 4.57 Å². The third kappa shape index (κ3) is 11.5. The molecule has 0 aliphatic rings. The maximum atomic E-state index is 9.98. The quantitative estimate of drug-likeness (QED) is 0.0948. The van der Waals surface area contributed by atoms with Gasteiger partial charge in [-0.2, -0.15) is 0 Å². The molecule has 18 aromatic rings. The monoisotopic (exact) mass is 1320 g/mol. The Morgan fingerprint density at radius 3 is 0.738 bits per heavy atom. The van der Waals surface area contributed by atoms with Crippen molar-refractivity contribution in [2.75, 3.05) is 19.6 Å². The van der Waals surface area contributed by atoms with Crippen LogP contribution < -0.4 is 19.6 Å². The maximum absolute atomic E-state index is 9.98. The number of hydrogen-bond donors (Lipinski definition) is 2. The number of anilines is 12. The first-order valence-electron chi connectivity index (χ1n) is 35.0. The number of rotatable bonds is 17. The van der Waals surface area contributed by atoms with Crippen LogP contribution in [0.25, 0.3) is 92.8 Å². The van der Waals surface area contributed by atoms with Gasteiger partial charge in [0.05, 0.1) is 47.0 Å². The highest BCUT2D eigenvalue weighted by molar-refractivity contribution is 6.13. The third-order valence-electron chi connectivity index (χ3n) is 20.2. The van der Waals surface area contributed by atoms with E-state index in [0.717, 1.165) is 161 Å². The minimum Gasteiger partial charge on any atom is -0.392 e. The molecule has 103 heavy (non-hydrogen) atoms. The normalized spacial score (nSPS) is 11.5. The molecule has 0 spiro atoms. The summed E-state index contributed by atoms with van der Waals surface area (Å²) in [6.45, 7) is -0.0232. The van der Waals surface area contributed by atoms with Crippen molar-refractivity contribution >= 4 is 133 Å². The summed E-state index contributed by atoms with van der Waals surface area (Å²) in [6, 6.07) is 137. The molecule has 1 aromatic heterocycles. The predicted molar refractivity (Wildman–Crippen MR) is 432 cm³/mol. The van der Waals surface area contributed by atoms with Gasteiger partial charge in [0.2, 0.25) is 0 Å². The van der Waals surface area contributed by atoms with Crippen LogP contribution in [-0.4, -0.2) is 14.8 Å². The van der Waals surface area contributed by atoms with Crippen LogP contribution in [0.3, 0.4) is 0 Å². The van der Waals surface area contributed by atoms with Crippen LogP contribution >= 0.6 is 0 Å². The summed E-state index contributed by atoms with van der Waals surface area (Å²) in [6.07, 6.45) is 0. The first-order valence-corrected chi connectivity index (χ1v) is 35.0. The van der Waals surface area contributed by atoms with Gasteiger partial charge >= 0.3 is 0 Å². The van der Waals surface area contributed by atoms with Crippen LogP contribution in [-0.2, 0) is 13.2 Å². The average molecular weight is 1320 g/mol. The Balaban J connectivity index is 0.734. The smallest absolute Gasteiger partial charge is 0.0681 e. The Kier molecular flexibility index (Phi) is 16.1. The van der Waals surface area contributed by atoms with Crippen LogP contribution in [0.1, 0.15) is 11.1 Å². The molecule has 0 fully saturated rings. The SMILES string of the molecule is OCc1ccc(N(c2ccc(-c3ccc(N(c4ccc5c(c4)c4cc(N(c6ccc(-c7ccc(N(c8ccc(CO)cc8)c8cccc9ccccc89)cc7)cc6)c6cccc7ccccc67)ccc4n5-c4ccccc4)c4cccc5ccccc45)cc3)cc2)c2cccc3ccccc23)cc1. The summed E-state index contributed by atoms with van der Waals surface area (Å²) in [5.74, 6) is 0. The average Bonchev–Trinajstić information content (AvgIpc) is 1.72. The minimum absolute atomic E-state index is 0.0116. The fourth-order valence-corrected chi connectivity index (χ4v) is 15.2. The first kappa shape index (κ1) is 62.0. The van der Waals surface area contributed by atoms with Gasteiger partial charge in [-0.3, -0.25) is 0 Å². The van der Waals surface area contributed by atoms with Crippen molar-refractivity contribution < 1.29 is 10.2 Å². The Hall–Kier alpha value is -13.3. The zero-order valence-corrected chi connectivity index (χ0v) is 56.4. The largest absolute Gasteiger partial charge is 0.392 e. The second-order valence-corrected chi connectivity index (χ2v) is 26.2. The highest BCUT2D eigenvalue weighted by Gasteiger charge is 2.24. The molecule has 0 aliphatic carbocycles. The van der Waals surface area contributed by atoms with E-state index >= 15 is 0 Å². The molecule has 2 N–H and O–H groups in total. The lowest BCUT2D eigenvalue weighted by atomic mass is 10.0. The molecule has 17 aromatic carbocycles. The first-order chi connectivity index (χ1) is 51.0. The van der Waals surface area contributed by atoms with Crippen LogP contribution in [0, 0.1) is 0 Å². The molecular formula is C96H69N5O2. The van der Waals surface area contributed by atoms with E-state index in [2.05, 4.69) is 382 Å². The second kappa shape index (κ2) is 26.7. The van der Waals surface area contributed by atoms with Crippen molar-refractivity contribution in [2.45, 2.75) is 13.2 Å². The van der Waals surface area contributed by atoms with Gasteiger partial charge in [-0.05, 0) is 201 Å². The number of aliphatic hydroxyl groups excluding tert-OH is 2. The van der Waals surface area contributed by atoms with Crippen LogP contribution in [0.2, 0.25) is 0 Å². The van der Waals surface area contributed by atoms with E-state index in [1.54, 1.807) is 0 Å². The molecule has 0 radical (unpaired) electrons. The number of hydrogen-bond acceptors (Lipinski definition) is 6. The zero-order valence-electron chi connectivity index (χ0n) is 56.4. The molecule has 0 atom stereocenters. The number of aromatic nitrogens is 1. The second-order valence-electron chi connectivity index (χ2n) is 26.2. The Morgan fingerprint density at radius 1 is 0.204 bits per heavy atom. The van der Waals surface area contributed by atoms with Gasteiger partial charge in [-0.1, -0.05) is 237 Å². The molecule has 0 aliphatic heterocycles. The molecule has 7 heteroatoms. The van der Waals surface area contributed by atoms with E-state index in [1.807, 2.05) is 24.3 Å². The van der Waals surface area contributed by atoms with Gasteiger partial charge in [0, 0.05) is 83.5 Å². The highest BCUT2D eigenvalue weighted by atomic mass is 16.3. The molecule has 0 unspecified atom stereocenters. The lowest BCUT2D eigenvalue weighted by molar-refractivity contribution is 0.281. The van der Waals surface area contributed by atoms with Gasteiger partial charge in [0.25, 0.3) is 0 Å².